The smallest absolute Gasteiger partial charge is 0.235 e. The van der Waals surface area contributed by atoms with Crippen LogP contribution < -0.4 is 9.64 Å². The predicted molar refractivity (Wildman–Crippen MR) is 94.9 cm³/mol. The van der Waals surface area contributed by atoms with Gasteiger partial charge in [-0.25, -0.2) is 0 Å². The van der Waals surface area contributed by atoms with E-state index in [1.54, 1.807) is 18.9 Å². The number of β-lactam (4-membered cyclic amide) rings is 1. The molecule has 124 valence electrons. The number of rotatable bonds is 5. The fourth-order valence-corrected chi connectivity index (χ4v) is 3.05. The van der Waals surface area contributed by atoms with Gasteiger partial charge in [-0.05, 0) is 36.8 Å². The van der Waals surface area contributed by atoms with Crippen LogP contribution in [-0.4, -0.2) is 30.3 Å². The van der Waals surface area contributed by atoms with E-state index in [2.05, 4.69) is 0 Å². The van der Waals surface area contributed by atoms with E-state index in [0.717, 1.165) is 17.0 Å². The van der Waals surface area contributed by atoms with E-state index in [1.807, 2.05) is 66.7 Å². The average Bonchev–Trinajstić information content (AvgIpc) is 2.59. The van der Waals surface area contributed by atoms with Crippen LogP contribution in [0.15, 0.2) is 60.7 Å². The molecule has 2 aromatic rings. The molecular weight excluding hydrogens is 302 g/mol. The van der Waals surface area contributed by atoms with Gasteiger partial charge in [-0.2, -0.15) is 0 Å². The number of carbonyl (C=O) groups is 1. The Kier molecular flexibility index (Phi) is 4.67. The highest BCUT2D eigenvalue weighted by molar-refractivity contribution is 6.04. The van der Waals surface area contributed by atoms with Crippen molar-refractivity contribution in [3.05, 3.63) is 66.2 Å². The van der Waals surface area contributed by atoms with Crippen molar-refractivity contribution in [1.29, 1.82) is 0 Å². The summed E-state index contributed by atoms with van der Waals surface area (Å²) in [5, 5.41) is 9.96. The lowest BCUT2D eigenvalue weighted by molar-refractivity contribution is -0.133. The van der Waals surface area contributed by atoms with Crippen LogP contribution in [-0.2, 0) is 4.79 Å². The van der Waals surface area contributed by atoms with Crippen LogP contribution >= 0.6 is 0 Å². The van der Waals surface area contributed by atoms with E-state index in [9.17, 15) is 9.90 Å². The Hall–Kier alpha value is -2.59. The SMILES string of the molecule is COc1ccc(N2C(=O)[C@H]([C@H](C)O)[C@@H]2C=Cc2ccccc2)cc1. The second-order valence-electron chi connectivity index (χ2n) is 5.93. The Balaban J connectivity index is 1.86. The number of amides is 1. The molecule has 4 heteroatoms. The van der Waals surface area contributed by atoms with Crippen LogP contribution in [0.3, 0.4) is 0 Å². The summed E-state index contributed by atoms with van der Waals surface area (Å²) in [6.45, 7) is 1.66. The first-order valence-electron chi connectivity index (χ1n) is 8.00. The molecule has 0 spiro atoms. The Labute approximate surface area is 142 Å². The molecule has 4 nitrogen and oxygen atoms in total. The fourth-order valence-electron chi connectivity index (χ4n) is 3.05. The maximum absolute atomic E-state index is 12.5. The van der Waals surface area contributed by atoms with Crippen LogP contribution in [0.5, 0.6) is 5.75 Å². The van der Waals surface area contributed by atoms with Gasteiger partial charge in [-0.1, -0.05) is 42.5 Å². The lowest BCUT2D eigenvalue weighted by atomic mass is 9.82. The summed E-state index contributed by atoms with van der Waals surface area (Å²) in [6, 6.07) is 17.1. The van der Waals surface area contributed by atoms with Crippen LogP contribution in [0.2, 0.25) is 0 Å². The third-order valence-corrected chi connectivity index (χ3v) is 4.34. The Morgan fingerprint density at radius 2 is 1.79 bits per heavy atom. The highest BCUT2D eigenvalue weighted by atomic mass is 16.5. The van der Waals surface area contributed by atoms with Gasteiger partial charge in [0.2, 0.25) is 5.91 Å². The lowest BCUT2D eigenvalue weighted by Gasteiger charge is -2.47. The van der Waals surface area contributed by atoms with E-state index < -0.39 is 12.0 Å². The van der Waals surface area contributed by atoms with Gasteiger partial charge in [-0.15, -0.1) is 0 Å². The summed E-state index contributed by atoms with van der Waals surface area (Å²) >= 11 is 0. The van der Waals surface area contributed by atoms with Gasteiger partial charge in [0.1, 0.15) is 5.75 Å². The second-order valence-corrected chi connectivity index (χ2v) is 5.93. The number of benzene rings is 2. The molecule has 0 radical (unpaired) electrons. The van der Waals surface area contributed by atoms with Crippen molar-refractivity contribution in [2.75, 3.05) is 12.0 Å². The first-order valence-corrected chi connectivity index (χ1v) is 8.00. The third-order valence-electron chi connectivity index (χ3n) is 4.34. The number of hydrogen-bond acceptors (Lipinski definition) is 3. The first kappa shape index (κ1) is 16.3. The molecule has 0 aromatic heterocycles. The number of carbonyl (C=O) groups excluding carboxylic acids is 1. The Morgan fingerprint density at radius 3 is 2.38 bits per heavy atom. The van der Waals surface area contributed by atoms with E-state index in [1.165, 1.54) is 0 Å². The van der Waals surface area contributed by atoms with Crippen molar-refractivity contribution >= 4 is 17.7 Å². The van der Waals surface area contributed by atoms with Gasteiger partial charge >= 0.3 is 0 Å². The van der Waals surface area contributed by atoms with Gasteiger partial charge in [0, 0.05) is 5.69 Å². The molecule has 0 aliphatic carbocycles. The quantitative estimate of drug-likeness (QED) is 0.860. The number of ether oxygens (including phenoxy) is 1. The van der Waals surface area contributed by atoms with E-state index >= 15 is 0 Å². The van der Waals surface area contributed by atoms with E-state index in [0.29, 0.717) is 0 Å². The summed E-state index contributed by atoms with van der Waals surface area (Å²) in [5.41, 5.74) is 1.87. The molecular formula is C20H21NO3. The minimum atomic E-state index is -0.683. The van der Waals surface area contributed by atoms with Gasteiger partial charge in [0.15, 0.2) is 0 Å². The molecule has 3 rings (SSSR count). The number of nitrogens with zero attached hydrogens (tertiary/aromatic N) is 1. The molecule has 1 aliphatic heterocycles. The van der Waals surface area contributed by atoms with Crippen LogP contribution in [0.4, 0.5) is 5.69 Å². The summed E-state index contributed by atoms with van der Waals surface area (Å²) < 4.78 is 5.16. The maximum Gasteiger partial charge on any atom is 0.235 e. The van der Waals surface area contributed by atoms with Gasteiger partial charge < -0.3 is 14.7 Å². The molecule has 1 saturated heterocycles. The molecule has 24 heavy (non-hydrogen) atoms. The van der Waals surface area contributed by atoms with Gasteiger partial charge in [-0.3, -0.25) is 4.79 Å². The number of methoxy groups -OCH3 is 1. The molecule has 1 fully saturated rings. The highest BCUT2D eigenvalue weighted by Gasteiger charge is 2.48. The Morgan fingerprint density at radius 1 is 1.12 bits per heavy atom. The molecule has 1 amide bonds. The summed E-state index contributed by atoms with van der Waals surface area (Å²) in [4.78, 5) is 14.2. The summed E-state index contributed by atoms with van der Waals surface area (Å²) in [6.07, 6.45) is 3.29. The number of hydrogen-bond donors (Lipinski definition) is 1. The van der Waals surface area contributed by atoms with Crippen molar-refractivity contribution in [1.82, 2.24) is 0 Å². The molecule has 1 heterocycles. The normalized spacial score (nSPS) is 21.6. The van der Waals surface area contributed by atoms with E-state index in [-0.39, 0.29) is 11.9 Å². The van der Waals surface area contributed by atoms with Gasteiger partial charge in [0.25, 0.3) is 0 Å². The van der Waals surface area contributed by atoms with Crippen molar-refractivity contribution in [3.8, 4) is 5.75 Å². The van der Waals surface area contributed by atoms with Crippen LogP contribution in [0.25, 0.3) is 6.08 Å². The number of aliphatic hydroxyl groups excluding tert-OH is 1. The minimum Gasteiger partial charge on any atom is -0.497 e. The van der Waals surface area contributed by atoms with Crippen LogP contribution in [0.1, 0.15) is 12.5 Å². The van der Waals surface area contributed by atoms with E-state index in [4.69, 9.17) is 4.74 Å². The molecule has 0 saturated carbocycles. The van der Waals surface area contributed by atoms with Crippen molar-refractivity contribution < 1.29 is 14.6 Å². The zero-order valence-electron chi connectivity index (χ0n) is 13.8. The molecule has 2 aromatic carbocycles. The molecule has 1 aliphatic rings. The number of aliphatic hydroxyl groups is 1. The van der Waals surface area contributed by atoms with Crippen molar-refractivity contribution in [2.45, 2.75) is 19.1 Å². The summed E-state index contributed by atoms with van der Waals surface area (Å²) in [7, 11) is 1.61. The Bertz CT molecular complexity index is 722. The predicted octanol–water partition coefficient (Wildman–Crippen LogP) is 3.12. The zero-order valence-corrected chi connectivity index (χ0v) is 13.8. The number of anilines is 1. The highest BCUT2D eigenvalue weighted by Crippen LogP contribution is 2.36. The molecule has 3 atom stereocenters. The first-order chi connectivity index (χ1) is 11.6. The maximum atomic E-state index is 12.5. The third kappa shape index (κ3) is 3.05. The topological polar surface area (TPSA) is 49.8 Å². The second kappa shape index (κ2) is 6.89. The molecule has 1 N–H and O–H groups in total. The van der Waals surface area contributed by atoms with Crippen molar-refractivity contribution in [3.63, 3.8) is 0 Å². The fraction of sp³-hybridized carbons (Fsp3) is 0.250. The van der Waals surface area contributed by atoms with Crippen molar-refractivity contribution in [2.24, 2.45) is 5.92 Å². The standard InChI is InChI=1S/C20H21NO3/c1-14(22)19-18(13-8-15-6-4-3-5-7-15)21(20(19)23)16-9-11-17(24-2)12-10-16/h3-14,18-19,22H,1-2H3/t14-,18-,19+/m0/s1. The minimum absolute atomic E-state index is 0.0575. The van der Waals surface area contributed by atoms with Crippen LogP contribution in [0, 0.1) is 5.92 Å². The monoisotopic (exact) mass is 323 g/mol. The average molecular weight is 323 g/mol. The van der Waals surface area contributed by atoms with Gasteiger partial charge in [0.05, 0.1) is 25.2 Å². The largest absolute Gasteiger partial charge is 0.497 e. The lowest BCUT2D eigenvalue weighted by Crippen LogP contribution is -2.63. The zero-order chi connectivity index (χ0) is 17.1. The molecule has 0 unspecified atom stereocenters. The molecule has 0 bridgehead atoms. The summed E-state index contributed by atoms with van der Waals surface area (Å²) in [5.74, 6) is 0.278.